The van der Waals surface area contributed by atoms with Crippen molar-refractivity contribution >= 4 is 45.0 Å². The van der Waals surface area contributed by atoms with Crippen LogP contribution in [0.3, 0.4) is 0 Å². The second-order valence-electron chi connectivity index (χ2n) is 5.59. The smallest absolute Gasteiger partial charge is 0.288 e. The minimum absolute atomic E-state index is 0.0248. The van der Waals surface area contributed by atoms with Crippen molar-refractivity contribution in [1.82, 2.24) is 4.31 Å². The molecule has 1 N–H and O–H groups in total. The molecule has 0 aliphatic rings. The molecule has 0 bridgehead atoms. The van der Waals surface area contributed by atoms with E-state index in [1.165, 1.54) is 46.8 Å². The second-order valence-corrected chi connectivity index (χ2v) is 8.97. The number of carbonyl (C=O) groups is 1. The van der Waals surface area contributed by atoms with Gasteiger partial charge in [-0.15, -0.1) is 0 Å². The number of nitrogens with one attached hydrogen (secondary N) is 1. The maximum atomic E-state index is 12.7. The summed E-state index contributed by atoms with van der Waals surface area (Å²) >= 11 is 6.46. The number of amides is 1. The summed E-state index contributed by atoms with van der Waals surface area (Å²) in [5.74, 6) is -3.07. The number of hydrogen-bond acceptors (Lipinski definition) is 4. The van der Waals surface area contributed by atoms with Crippen molar-refractivity contribution in [1.29, 1.82) is 0 Å². The first-order valence-electron chi connectivity index (χ1n) is 8.35. The number of carbonyl (C=O) groups excluding carboxylic acids is 1. The van der Waals surface area contributed by atoms with E-state index >= 15 is 0 Å². The van der Waals surface area contributed by atoms with E-state index in [1.54, 1.807) is 13.8 Å². The van der Waals surface area contributed by atoms with Crippen LogP contribution in [-0.2, 0) is 10.0 Å². The Bertz CT molecular complexity index is 934. The number of sulfonamides is 1. The third kappa shape index (κ3) is 5.44. The summed E-state index contributed by atoms with van der Waals surface area (Å²) in [6.45, 7) is 3.96. The minimum Gasteiger partial charge on any atom is -0.322 e. The predicted molar refractivity (Wildman–Crippen MR) is 108 cm³/mol. The van der Waals surface area contributed by atoms with E-state index in [0.717, 1.165) is 0 Å². The highest BCUT2D eigenvalue weighted by Gasteiger charge is 2.25. The molecule has 0 aliphatic carbocycles. The zero-order valence-electron chi connectivity index (χ0n) is 15.2. The number of halogens is 3. The van der Waals surface area contributed by atoms with Crippen molar-refractivity contribution in [3.05, 3.63) is 53.1 Å². The maximum Gasteiger partial charge on any atom is 0.288 e. The topological polar surface area (TPSA) is 66.5 Å². The van der Waals surface area contributed by atoms with E-state index in [4.69, 9.17) is 11.6 Å². The summed E-state index contributed by atoms with van der Waals surface area (Å²) in [6, 6.07) is 9.91. The molecular weight excluding hydrogens is 430 g/mol. The SMILES string of the molecule is CCN(CC)S(=O)(=O)c1cc(C(=O)Nc2ccc(SC(F)F)cc2)ccc1Cl. The van der Waals surface area contributed by atoms with Crippen LogP contribution >= 0.6 is 23.4 Å². The van der Waals surface area contributed by atoms with Gasteiger partial charge in [-0.2, -0.15) is 13.1 Å². The second kappa shape index (κ2) is 9.69. The zero-order valence-corrected chi connectivity index (χ0v) is 17.5. The van der Waals surface area contributed by atoms with E-state index in [0.29, 0.717) is 22.3 Å². The van der Waals surface area contributed by atoms with Crippen molar-refractivity contribution in [2.45, 2.75) is 29.4 Å². The molecule has 0 heterocycles. The average molecular weight is 449 g/mol. The van der Waals surface area contributed by atoms with Gasteiger partial charge in [-0.05, 0) is 42.5 Å². The molecule has 2 rings (SSSR count). The first kappa shape index (κ1) is 22.6. The lowest BCUT2D eigenvalue weighted by atomic mass is 10.2. The number of benzene rings is 2. The molecule has 10 heteroatoms. The third-order valence-corrected chi connectivity index (χ3v) is 7.11. The van der Waals surface area contributed by atoms with Crippen LogP contribution in [0, 0.1) is 0 Å². The van der Waals surface area contributed by atoms with Crippen LogP contribution in [-0.4, -0.2) is 37.5 Å². The Balaban J connectivity index is 2.25. The molecule has 2 aromatic rings. The fourth-order valence-electron chi connectivity index (χ4n) is 2.47. The molecule has 152 valence electrons. The molecule has 1 amide bonds. The standard InChI is InChI=1S/C18H19ClF2N2O3S2/c1-3-23(4-2)28(25,26)16-11-12(5-10-15(16)19)17(24)22-13-6-8-14(9-7-13)27-18(20)21/h5-11,18H,3-4H2,1-2H3,(H,22,24). The predicted octanol–water partition coefficient (Wildman–Crippen LogP) is 4.94. The summed E-state index contributed by atoms with van der Waals surface area (Å²) in [7, 11) is -3.83. The Morgan fingerprint density at radius 3 is 2.29 bits per heavy atom. The highest BCUT2D eigenvalue weighted by atomic mass is 35.5. The van der Waals surface area contributed by atoms with E-state index in [-0.39, 0.29) is 28.6 Å². The highest BCUT2D eigenvalue weighted by molar-refractivity contribution is 7.99. The molecule has 0 unspecified atom stereocenters. The number of rotatable bonds is 8. The lowest BCUT2D eigenvalue weighted by Gasteiger charge is -2.19. The Labute approximate surface area is 172 Å². The van der Waals surface area contributed by atoms with Gasteiger partial charge in [0.2, 0.25) is 10.0 Å². The minimum atomic E-state index is -3.83. The summed E-state index contributed by atoms with van der Waals surface area (Å²) < 4.78 is 51.4. The molecule has 2 aromatic carbocycles. The third-order valence-electron chi connectivity index (χ3n) is 3.85. The Morgan fingerprint density at radius 1 is 1.14 bits per heavy atom. The lowest BCUT2D eigenvalue weighted by Crippen LogP contribution is -2.31. The summed E-state index contributed by atoms with van der Waals surface area (Å²) in [4.78, 5) is 12.7. The van der Waals surface area contributed by atoms with Crippen molar-refractivity contribution in [2.75, 3.05) is 18.4 Å². The van der Waals surface area contributed by atoms with Crippen LogP contribution in [0.2, 0.25) is 5.02 Å². The molecule has 0 saturated heterocycles. The van der Waals surface area contributed by atoms with Gasteiger partial charge in [-0.3, -0.25) is 4.79 Å². The van der Waals surface area contributed by atoms with E-state index in [9.17, 15) is 22.0 Å². The number of thioether (sulfide) groups is 1. The maximum absolute atomic E-state index is 12.7. The first-order valence-corrected chi connectivity index (χ1v) is 11.0. The molecule has 0 aromatic heterocycles. The molecule has 0 aliphatic heterocycles. The molecule has 0 saturated carbocycles. The van der Waals surface area contributed by atoms with Gasteiger partial charge in [-0.25, -0.2) is 8.42 Å². The van der Waals surface area contributed by atoms with Crippen LogP contribution in [0.1, 0.15) is 24.2 Å². The van der Waals surface area contributed by atoms with E-state index in [2.05, 4.69) is 5.32 Å². The normalized spacial score (nSPS) is 11.8. The number of anilines is 1. The van der Waals surface area contributed by atoms with Gasteiger partial charge in [0.1, 0.15) is 4.90 Å². The van der Waals surface area contributed by atoms with Crippen molar-refractivity contribution in [2.24, 2.45) is 0 Å². The summed E-state index contributed by atoms with van der Waals surface area (Å²) in [5.41, 5.74) is 0.507. The Hall–Kier alpha value is -1.68. The quantitative estimate of drug-likeness (QED) is 0.581. The van der Waals surface area contributed by atoms with Crippen LogP contribution in [0.4, 0.5) is 14.5 Å². The largest absolute Gasteiger partial charge is 0.322 e. The molecule has 0 fully saturated rings. The molecule has 5 nitrogen and oxygen atoms in total. The van der Waals surface area contributed by atoms with Crippen molar-refractivity contribution < 1.29 is 22.0 Å². The molecule has 0 spiro atoms. The van der Waals surface area contributed by atoms with Gasteiger partial charge in [0.25, 0.3) is 11.7 Å². The average Bonchev–Trinajstić information content (AvgIpc) is 2.63. The summed E-state index contributed by atoms with van der Waals surface area (Å²) in [5, 5.41) is 2.63. The zero-order chi connectivity index (χ0) is 20.9. The van der Waals surface area contributed by atoms with Gasteiger partial charge in [0.05, 0.1) is 5.02 Å². The van der Waals surface area contributed by atoms with Crippen molar-refractivity contribution in [3.63, 3.8) is 0 Å². The molecule has 0 radical (unpaired) electrons. The highest BCUT2D eigenvalue weighted by Crippen LogP contribution is 2.28. The van der Waals surface area contributed by atoms with Gasteiger partial charge in [0.15, 0.2) is 0 Å². The van der Waals surface area contributed by atoms with Crippen LogP contribution < -0.4 is 5.32 Å². The summed E-state index contributed by atoms with van der Waals surface area (Å²) in [6.07, 6.45) is 0. The van der Waals surface area contributed by atoms with Gasteiger partial charge < -0.3 is 5.32 Å². The van der Waals surface area contributed by atoms with Gasteiger partial charge in [-0.1, -0.05) is 37.2 Å². The first-order chi connectivity index (χ1) is 13.2. The fourth-order valence-corrected chi connectivity index (χ4v) is 4.93. The number of alkyl halides is 2. The lowest BCUT2D eigenvalue weighted by molar-refractivity contribution is 0.102. The van der Waals surface area contributed by atoms with Crippen molar-refractivity contribution in [3.8, 4) is 0 Å². The number of hydrogen-bond donors (Lipinski definition) is 1. The molecule has 0 atom stereocenters. The molecule has 28 heavy (non-hydrogen) atoms. The van der Waals surface area contributed by atoms with Gasteiger partial charge in [0, 0.05) is 29.2 Å². The molecular formula is C18H19ClF2N2O3S2. The van der Waals surface area contributed by atoms with Crippen LogP contribution in [0.5, 0.6) is 0 Å². The van der Waals surface area contributed by atoms with Gasteiger partial charge >= 0.3 is 0 Å². The Kier molecular flexibility index (Phi) is 7.82. The monoisotopic (exact) mass is 448 g/mol. The Morgan fingerprint density at radius 2 is 1.75 bits per heavy atom. The van der Waals surface area contributed by atoms with Crippen LogP contribution in [0.25, 0.3) is 0 Å². The van der Waals surface area contributed by atoms with E-state index < -0.39 is 21.7 Å². The van der Waals surface area contributed by atoms with Crippen LogP contribution in [0.15, 0.2) is 52.3 Å². The number of nitrogens with zero attached hydrogens (tertiary/aromatic N) is 1. The fraction of sp³-hybridized carbons (Fsp3) is 0.278. The van der Waals surface area contributed by atoms with E-state index in [1.807, 2.05) is 0 Å².